The van der Waals surface area contributed by atoms with Crippen molar-refractivity contribution in [2.75, 3.05) is 7.11 Å². The van der Waals surface area contributed by atoms with E-state index in [1.165, 1.54) is 13.2 Å². The number of aromatic hydroxyl groups is 1. The largest absolute Gasteiger partial charge is 0.504 e. The normalized spacial score (nSPS) is 9.86. The van der Waals surface area contributed by atoms with Crippen LogP contribution in [0, 0.1) is 5.82 Å². The lowest BCUT2D eigenvalue weighted by molar-refractivity contribution is -0.107. The van der Waals surface area contributed by atoms with E-state index < -0.39 is 5.82 Å². The number of aryl methyl sites for hydroxylation is 1. The maximum atomic E-state index is 13.2. The Morgan fingerprint density at radius 2 is 2.29 bits per heavy atom. The van der Waals surface area contributed by atoms with Crippen LogP contribution in [0.5, 0.6) is 11.5 Å². The van der Waals surface area contributed by atoms with Gasteiger partial charge in [0.15, 0.2) is 11.5 Å². The molecule has 0 radical (unpaired) electrons. The molecular formula is C10H11FO3. The standard InChI is InChI=1S/C10H11FO3/c1-14-10-5-7(3-2-4-12)8(11)6-9(10)13/h4-6,13H,2-3H2,1H3. The zero-order chi connectivity index (χ0) is 10.6. The summed E-state index contributed by atoms with van der Waals surface area (Å²) >= 11 is 0. The van der Waals surface area contributed by atoms with Crippen LogP contribution in [-0.4, -0.2) is 18.5 Å². The monoisotopic (exact) mass is 198 g/mol. The molecule has 0 aliphatic heterocycles. The van der Waals surface area contributed by atoms with E-state index in [1.54, 1.807) is 0 Å². The lowest BCUT2D eigenvalue weighted by Crippen LogP contribution is -1.94. The molecule has 0 unspecified atom stereocenters. The molecule has 0 saturated heterocycles. The molecule has 0 aliphatic carbocycles. The summed E-state index contributed by atoms with van der Waals surface area (Å²) in [7, 11) is 1.39. The third kappa shape index (κ3) is 2.22. The predicted molar refractivity (Wildman–Crippen MR) is 49.0 cm³/mol. The van der Waals surface area contributed by atoms with Crippen LogP contribution in [0.25, 0.3) is 0 Å². The van der Waals surface area contributed by atoms with Gasteiger partial charge in [-0.3, -0.25) is 0 Å². The Morgan fingerprint density at radius 1 is 1.57 bits per heavy atom. The van der Waals surface area contributed by atoms with Gasteiger partial charge >= 0.3 is 0 Å². The first-order valence-electron chi connectivity index (χ1n) is 4.18. The Kier molecular flexibility index (Phi) is 3.45. The molecule has 4 heteroatoms. The van der Waals surface area contributed by atoms with Crippen molar-refractivity contribution < 1.29 is 19.0 Å². The second-order valence-corrected chi connectivity index (χ2v) is 2.82. The van der Waals surface area contributed by atoms with Gasteiger partial charge < -0.3 is 14.6 Å². The number of hydrogen-bond acceptors (Lipinski definition) is 3. The number of aldehydes is 1. The number of rotatable bonds is 4. The van der Waals surface area contributed by atoms with Crippen LogP contribution in [0.1, 0.15) is 12.0 Å². The first-order chi connectivity index (χ1) is 6.69. The van der Waals surface area contributed by atoms with Crippen LogP contribution >= 0.6 is 0 Å². The number of carbonyl (C=O) groups excluding carboxylic acids is 1. The number of phenolic OH excluding ortho intramolecular Hbond substituents is 1. The van der Waals surface area contributed by atoms with E-state index >= 15 is 0 Å². The van der Waals surface area contributed by atoms with Gasteiger partial charge in [-0.25, -0.2) is 4.39 Å². The molecule has 0 fully saturated rings. The second kappa shape index (κ2) is 4.60. The fraction of sp³-hybridized carbons (Fsp3) is 0.300. The summed E-state index contributed by atoms with van der Waals surface area (Å²) < 4.78 is 18.0. The SMILES string of the molecule is COc1cc(CCC=O)c(F)cc1O. The molecule has 1 N–H and O–H groups in total. The van der Waals surface area contributed by atoms with Crippen LogP contribution in [-0.2, 0) is 11.2 Å². The third-order valence-electron chi connectivity index (χ3n) is 1.88. The zero-order valence-electron chi connectivity index (χ0n) is 7.79. The number of ether oxygens (including phenoxy) is 1. The van der Waals surface area contributed by atoms with Crippen molar-refractivity contribution in [2.24, 2.45) is 0 Å². The molecule has 0 spiro atoms. The van der Waals surface area contributed by atoms with Gasteiger partial charge in [-0.2, -0.15) is 0 Å². The van der Waals surface area contributed by atoms with E-state index in [0.717, 1.165) is 12.4 Å². The van der Waals surface area contributed by atoms with Crippen LogP contribution < -0.4 is 4.74 Å². The number of benzene rings is 1. The summed E-state index contributed by atoms with van der Waals surface area (Å²) in [6.45, 7) is 0. The summed E-state index contributed by atoms with van der Waals surface area (Å²) in [5, 5.41) is 9.21. The molecule has 1 aromatic carbocycles. The van der Waals surface area contributed by atoms with E-state index in [4.69, 9.17) is 4.74 Å². The molecule has 0 atom stereocenters. The fourth-order valence-corrected chi connectivity index (χ4v) is 1.15. The average molecular weight is 198 g/mol. The number of halogens is 1. The minimum atomic E-state index is -0.523. The average Bonchev–Trinajstić information content (AvgIpc) is 2.17. The highest BCUT2D eigenvalue weighted by Gasteiger charge is 2.08. The Bertz CT molecular complexity index is 336. The van der Waals surface area contributed by atoms with Crippen molar-refractivity contribution in [3.63, 3.8) is 0 Å². The molecule has 0 bridgehead atoms. The molecule has 0 aliphatic rings. The minimum Gasteiger partial charge on any atom is -0.504 e. The van der Waals surface area contributed by atoms with Gasteiger partial charge in [0.1, 0.15) is 12.1 Å². The van der Waals surface area contributed by atoms with Gasteiger partial charge in [-0.15, -0.1) is 0 Å². The predicted octanol–water partition coefficient (Wildman–Crippen LogP) is 1.67. The zero-order valence-corrected chi connectivity index (χ0v) is 7.79. The van der Waals surface area contributed by atoms with Crippen LogP contribution in [0.2, 0.25) is 0 Å². The number of methoxy groups -OCH3 is 1. The van der Waals surface area contributed by atoms with Crippen molar-refractivity contribution in [1.82, 2.24) is 0 Å². The Morgan fingerprint density at radius 3 is 2.86 bits per heavy atom. The van der Waals surface area contributed by atoms with Crippen molar-refractivity contribution in [1.29, 1.82) is 0 Å². The lowest BCUT2D eigenvalue weighted by Gasteiger charge is -2.06. The highest BCUT2D eigenvalue weighted by Crippen LogP contribution is 2.28. The van der Waals surface area contributed by atoms with Crippen molar-refractivity contribution in [3.8, 4) is 11.5 Å². The maximum absolute atomic E-state index is 13.2. The Balaban J connectivity index is 2.98. The molecule has 0 amide bonds. The van der Waals surface area contributed by atoms with E-state index in [2.05, 4.69) is 0 Å². The van der Waals surface area contributed by atoms with E-state index in [-0.39, 0.29) is 17.9 Å². The van der Waals surface area contributed by atoms with Crippen LogP contribution in [0.3, 0.4) is 0 Å². The summed E-state index contributed by atoms with van der Waals surface area (Å²) in [6, 6.07) is 2.38. The molecule has 0 heterocycles. The van der Waals surface area contributed by atoms with Crippen LogP contribution in [0.15, 0.2) is 12.1 Å². The summed E-state index contributed by atoms with van der Waals surface area (Å²) in [5.74, 6) is -0.544. The molecule has 0 saturated carbocycles. The molecule has 3 nitrogen and oxygen atoms in total. The van der Waals surface area contributed by atoms with Crippen molar-refractivity contribution in [3.05, 3.63) is 23.5 Å². The quantitative estimate of drug-likeness (QED) is 0.748. The Labute approximate surface area is 81.1 Å². The van der Waals surface area contributed by atoms with Gasteiger partial charge in [-0.1, -0.05) is 0 Å². The number of hydrogen-bond donors (Lipinski definition) is 1. The number of carbonyl (C=O) groups is 1. The van der Waals surface area contributed by atoms with E-state index in [1.807, 2.05) is 0 Å². The molecule has 1 rings (SSSR count). The summed E-state index contributed by atoms with van der Waals surface area (Å²) in [5.41, 5.74) is 0.367. The first kappa shape index (κ1) is 10.5. The lowest BCUT2D eigenvalue weighted by atomic mass is 10.1. The van der Waals surface area contributed by atoms with Gasteiger partial charge in [0, 0.05) is 12.5 Å². The summed E-state index contributed by atoms with van der Waals surface area (Å²) in [4.78, 5) is 10.1. The smallest absolute Gasteiger partial charge is 0.160 e. The molecule has 76 valence electrons. The molecular weight excluding hydrogens is 187 g/mol. The first-order valence-corrected chi connectivity index (χ1v) is 4.18. The van der Waals surface area contributed by atoms with Crippen molar-refractivity contribution in [2.45, 2.75) is 12.8 Å². The van der Waals surface area contributed by atoms with Gasteiger partial charge in [0.05, 0.1) is 7.11 Å². The Hall–Kier alpha value is -1.58. The van der Waals surface area contributed by atoms with Gasteiger partial charge in [0.25, 0.3) is 0 Å². The highest BCUT2D eigenvalue weighted by atomic mass is 19.1. The minimum absolute atomic E-state index is 0.215. The van der Waals surface area contributed by atoms with E-state index in [0.29, 0.717) is 12.0 Å². The third-order valence-corrected chi connectivity index (χ3v) is 1.88. The highest BCUT2D eigenvalue weighted by molar-refractivity contribution is 5.51. The summed E-state index contributed by atoms with van der Waals surface area (Å²) in [6.07, 6.45) is 1.29. The topological polar surface area (TPSA) is 46.5 Å². The van der Waals surface area contributed by atoms with E-state index in [9.17, 15) is 14.3 Å². The van der Waals surface area contributed by atoms with Crippen LogP contribution in [0.4, 0.5) is 4.39 Å². The second-order valence-electron chi connectivity index (χ2n) is 2.82. The fourth-order valence-electron chi connectivity index (χ4n) is 1.15. The van der Waals surface area contributed by atoms with Gasteiger partial charge in [0.2, 0.25) is 0 Å². The molecule has 14 heavy (non-hydrogen) atoms. The maximum Gasteiger partial charge on any atom is 0.160 e. The van der Waals surface area contributed by atoms with Gasteiger partial charge in [-0.05, 0) is 18.1 Å². The molecule has 0 aromatic heterocycles. The number of phenols is 1. The molecule has 1 aromatic rings. The van der Waals surface area contributed by atoms with Crippen molar-refractivity contribution >= 4 is 6.29 Å².